The number of carbonyl (C=O) groups is 2. The molecule has 1 aromatic rings. The summed E-state index contributed by atoms with van der Waals surface area (Å²) in [5.41, 5.74) is 1.32. The fourth-order valence-electron chi connectivity index (χ4n) is 1.36. The maximum absolute atomic E-state index is 11.2. The molecule has 1 aliphatic heterocycles. The SMILES string of the molecule is N#Cc1ccc(CN2C(=O)C=NC2=O)cc1. The first kappa shape index (κ1) is 10.1. The van der Waals surface area contributed by atoms with E-state index in [1.807, 2.05) is 6.07 Å². The Kier molecular flexibility index (Phi) is 2.48. The molecular formula is C11H7N3O2. The Morgan fingerprint density at radius 2 is 1.94 bits per heavy atom. The lowest BCUT2D eigenvalue weighted by Gasteiger charge is -2.11. The van der Waals surface area contributed by atoms with Crippen LogP contribution in [0.25, 0.3) is 0 Å². The first-order valence-electron chi connectivity index (χ1n) is 4.59. The molecule has 0 radical (unpaired) electrons. The summed E-state index contributed by atoms with van der Waals surface area (Å²) < 4.78 is 0. The quantitative estimate of drug-likeness (QED) is 0.738. The fraction of sp³-hybridized carbons (Fsp3) is 0.0909. The summed E-state index contributed by atoms with van der Waals surface area (Å²) in [5, 5.41) is 8.61. The van der Waals surface area contributed by atoms with Gasteiger partial charge < -0.3 is 0 Å². The van der Waals surface area contributed by atoms with Gasteiger partial charge in [0.15, 0.2) is 0 Å². The Morgan fingerprint density at radius 1 is 1.25 bits per heavy atom. The van der Waals surface area contributed by atoms with E-state index in [4.69, 9.17) is 5.26 Å². The third-order valence-electron chi connectivity index (χ3n) is 2.21. The van der Waals surface area contributed by atoms with Gasteiger partial charge >= 0.3 is 6.03 Å². The van der Waals surface area contributed by atoms with Crippen molar-refractivity contribution in [1.29, 1.82) is 5.26 Å². The van der Waals surface area contributed by atoms with Gasteiger partial charge in [0, 0.05) is 0 Å². The number of nitrogens with zero attached hydrogens (tertiary/aromatic N) is 3. The van der Waals surface area contributed by atoms with Crippen molar-refractivity contribution >= 4 is 18.2 Å². The van der Waals surface area contributed by atoms with Crippen molar-refractivity contribution in [3.8, 4) is 6.07 Å². The minimum atomic E-state index is -0.547. The minimum absolute atomic E-state index is 0.184. The van der Waals surface area contributed by atoms with Gasteiger partial charge in [-0.2, -0.15) is 10.3 Å². The van der Waals surface area contributed by atoms with Crippen molar-refractivity contribution < 1.29 is 9.59 Å². The second kappa shape index (κ2) is 3.95. The third-order valence-corrected chi connectivity index (χ3v) is 2.21. The first-order chi connectivity index (χ1) is 7.70. The van der Waals surface area contributed by atoms with Crippen LogP contribution in [0.1, 0.15) is 11.1 Å². The van der Waals surface area contributed by atoms with E-state index in [0.717, 1.165) is 16.7 Å². The zero-order valence-electron chi connectivity index (χ0n) is 8.25. The van der Waals surface area contributed by atoms with E-state index < -0.39 is 11.9 Å². The van der Waals surface area contributed by atoms with E-state index in [1.54, 1.807) is 24.3 Å². The molecule has 0 spiro atoms. The largest absolute Gasteiger partial charge is 0.350 e. The molecule has 0 aliphatic carbocycles. The lowest BCUT2D eigenvalue weighted by molar-refractivity contribution is -0.120. The molecule has 5 nitrogen and oxygen atoms in total. The van der Waals surface area contributed by atoms with Gasteiger partial charge in [0.05, 0.1) is 24.4 Å². The number of aliphatic imine (C=N–C) groups is 1. The van der Waals surface area contributed by atoms with Crippen molar-refractivity contribution in [2.45, 2.75) is 6.54 Å². The summed E-state index contributed by atoms with van der Waals surface area (Å²) >= 11 is 0. The van der Waals surface area contributed by atoms with E-state index >= 15 is 0 Å². The predicted octanol–water partition coefficient (Wildman–Crippen LogP) is 1.09. The van der Waals surface area contributed by atoms with Gasteiger partial charge in [-0.15, -0.1) is 0 Å². The first-order valence-corrected chi connectivity index (χ1v) is 4.59. The average molecular weight is 213 g/mol. The number of urea groups is 1. The molecule has 0 bridgehead atoms. The molecule has 0 aromatic heterocycles. The van der Waals surface area contributed by atoms with E-state index in [9.17, 15) is 9.59 Å². The molecule has 0 saturated carbocycles. The van der Waals surface area contributed by atoms with Crippen LogP contribution in [-0.2, 0) is 11.3 Å². The highest BCUT2D eigenvalue weighted by molar-refractivity contribution is 6.35. The highest BCUT2D eigenvalue weighted by Crippen LogP contribution is 2.10. The molecule has 0 saturated heterocycles. The van der Waals surface area contributed by atoms with E-state index in [2.05, 4.69) is 4.99 Å². The van der Waals surface area contributed by atoms with Crippen LogP contribution in [-0.4, -0.2) is 23.1 Å². The Labute approximate surface area is 91.6 Å². The van der Waals surface area contributed by atoms with Crippen molar-refractivity contribution in [2.75, 3.05) is 0 Å². The van der Waals surface area contributed by atoms with Gasteiger partial charge in [-0.05, 0) is 17.7 Å². The van der Waals surface area contributed by atoms with Crippen LogP contribution in [0, 0.1) is 11.3 Å². The summed E-state index contributed by atoms with van der Waals surface area (Å²) in [4.78, 5) is 26.8. The van der Waals surface area contributed by atoms with Crippen molar-refractivity contribution in [3.63, 3.8) is 0 Å². The second-order valence-electron chi connectivity index (χ2n) is 3.27. The van der Waals surface area contributed by atoms with Crippen molar-refractivity contribution in [3.05, 3.63) is 35.4 Å². The normalized spacial score (nSPS) is 14.3. The van der Waals surface area contributed by atoms with Gasteiger partial charge in [0.2, 0.25) is 0 Å². The Balaban J connectivity index is 2.13. The van der Waals surface area contributed by atoms with Crippen LogP contribution in [0.2, 0.25) is 0 Å². The van der Waals surface area contributed by atoms with E-state index in [-0.39, 0.29) is 6.54 Å². The summed E-state index contributed by atoms with van der Waals surface area (Å²) in [5.74, 6) is -0.408. The zero-order chi connectivity index (χ0) is 11.5. The molecule has 78 valence electrons. The number of amides is 3. The molecule has 16 heavy (non-hydrogen) atoms. The van der Waals surface area contributed by atoms with Crippen LogP contribution in [0.5, 0.6) is 0 Å². The number of nitriles is 1. The number of hydrogen-bond acceptors (Lipinski definition) is 3. The topological polar surface area (TPSA) is 73.5 Å². The molecule has 0 N–H and O–H groups in total. The van der Waals surface area contributed by atoms with Gasteiger partial charge in [-0.1, -0.05) is 12.1 Å². The van der Waals surface area contributed by atoms with Gasteiger partial charge in [0.1, 0.15) is 0 Å². The fourth-order valence-corrected chi connectivity index (χ4v) is 1.36. The van der Waals surface area contributed by atoms with Crippen molar-refractivity contribution in [1.82, 2.24) is 4.90 Å². The maximum Gasteiger partial charge on any atom is 0.350 e. The summed E-state index contributed by atoms with van der Waals surface area (Å²) in [6, 6.07) is 8.14. The zero-order valence-corrected chi connectivity index (χ0v) is 8.25. The highest BCUT2D eigenvalue weighted by Gasteiger charge is 2.24. The van der Waals surface area contributed by atoms with Crippen LogP contribution >= 0.6 is 0 Å². The molecule has 0 atom stereocenters. The lowest BCUT2D eigenvalue weighted by atomic mass is 10.1. The third kappa shape index (κ3) is 1.81. The van der Waals surface area contributed by atoms with Crippen LogP contribution in [0.4, 0.5) is 4.79 Å². The number of benzene rings is 1. The Hall–Kier alpha value is -2.48. The van der Waals surface area contributed by atoms with Crippen LogP contribution < -0.4 is 0 Å². The molecule has 3 amide bonds. The van der Waals surface area contributed by atoms with Crippen LogP contribution in [0.15, 0.2) is 29.3 Å². The average Bonchev–Trinajstić information content (AvgIpc) is 2.62. The Morgan fingerprint density at radius 3 is 2.44 bits per heavy atom. The molecule has 0 fully saturated rings. The molecule has 1 heterocycles. The minimum Gasteiger partial charge on any atom is -0.267 e. The monoisotopic (exact) mass is 213 g/mol. The molecule has 1 aromatic carbocycles. The van der Waals surface area contributed by atoms with E-state index in [1.165, 1.54) is 0 Å². The summed E-state index contributed by atoms with van der Waals surface area (Å²) in [6.07, 6.45) is 1.01. The second-order valence-corrected chi connectivity index (χ2v) is 3.27. The molecular weight excluding hydrogens is 206 g/mol. The molecule has 0 unspecified atom stereocenters. The van der Waals surface area contributed by atoms with Gasteiger partial charge in [-0.3, -0.25) is 9.69 Å². The highest BCUT2D eigenvalue weighted by atomic mass is 16.2. The van der Waals surface area contributed by atoms with Crippen molar-refractivity contribution in [2.24, 2.45) is 4.99 Å². The smallest absolute Gasteiger partial charge is 0.267 e. The maximum atomic E-state index is 11.2. The molecule has 2 rings (SSSR count). The number of imide groups is 1. The van der Waals surface area contributed by atoms with Gasteiger partial charge in [-0.25, -0.2) is 4.79 Å². The number of rotatable bonds is 2. The molecule has 5 heteroatoms. The summed E-state index contributed by atoms with van der Waals surface area (Å²) in [7, 11) is 0. The number of hydrogen-bond donors (Lipinski definition) is 0. The van der Waals surface area contributed by atoms with E-state index in [0.29, 0.717) is 5.56 Å². The molecule has 1 aliphatic rings. The standard InChI is InChI=1S/C11H7N3O2/c12-5-8-1-3-9(4-2-8)7-14-10(15)6-13-11(14)16/h1-4,6H,7H2. The summed E-state index contributed by atoms with van der Waals surface area (Å²) in [6.45, 7) is 0.184. The Bertz CT molecular complexity index is 493. The lowest BCUT2D eigenvalue weighted by Crippen LogP contribution is -2.29. The number of carbonyl (C=O) groups excluding carboxylic acids is 2. The predicted molar refractivity (Wildman–Crippen MR) is 55.6 cm³/mol. The van der Waals surface area contributed by atoms with Gasteiger partial charge in [0.25, 0.3) is 5.91 Å². The van der Waals surface area contributed by atoms with Crippen LogP contribution in [0.3, 0.4) is 0 Å².